The van der Waals surface area contributed by atoms with E-state index in [1.807, 2.05) is 30.3 Å². The summed E-state index contributed by atoms with van der Waals surface area (Å²) in [6, 6.07) is 12.6. The summed E-state index contributed by atoms with van der Waals surface area (Å²) in [4.78, 5) is 11.1. The van der Waals surface area contributed by atoms with Gasteiger partial charge in [-0.05, 0) is 42.2 Å². The van der Waals surface area contributed by atoms with Crippen molar-refractivity contribution in [3.05, 3.63) is 59.7 Å². The summed E-state index contributed by atoms with van der Waals surface area (Å²) < 4.78 is 71.6. The van der Waals surface area contributed by atoms with E-state index in [0.717, 1.165) is 23.8 Å². The Bertz CT molecular complexity index is 993. The van der Waals surface area contributed by atoms with Gasteiger partial charge in [-0.1, -0.05) is 30.3 Å². The molecule has 0 spiro atoms. The standard InChI is InChI=1S/C19H18F3NO5S/c20-19(21,22)17-15(18(24)25)11-13-10-14(6-7-16(13)28-17)29(26,27)23-9-8-12-4-2-1-3-5-12/h1-7,10,15,17,23H,8-9,11H2,(H,24,25)/t15-,17+/m1/s1. The lowest BCUT2D eigenvalue weighted by Gasteiger charge is -2.32. The van der Waals surface area contributed by atoms with Crippen LogP contribution in [-0.2, 0) is 27.7 Å². The highest BCUT2D eigenvalue weighted by molar-refractivity contribution is 7.89. The van der Waals surface area contributed by atoms with Gasteiger partial charge in [0.1, 0.15) is 11.7 Å². The quantitative estimate of drug-likeness (QED) is 0.737. The van der Waals surface area contributed by atoms with Crippen molar-refractivity contribution >= 4 is 16.0 Å². The first kappa shape index (κ1) is 21.1. The summed E-state index contributed by atoms with van der Waals surface area (Å²) in [5.74, 6) is -3.69. The second-order valence-electron chi connectivity index (χ2n) is 6.63. The molecule has 0 saturated carbocycles. The first-order chi connectivity index (χ1) is 13.6. The van der Waals surface area contributed by atoms with Gasteiger partial charge in [0.15, 0.2) is 0 Å². The predicted molar refractivity (Wildman–Crippen MR) is 97.1 cm³/mol. The molecule has 0 amide bonds. The summed E-state index contributed by atoms with van der Waals surface area (Å²) >= 11 is 0. The van der Waals surface area contributed by atoms with Crippen molar-refractivity contribution in [3.8, 4) is 5.75 Å². The fourth-order valence-corrected chi connectivity index (χ4v) is 4.21. The Labute approximate surface area is 165 Å². The maximum absolute atomic E-state index is 13.1. The Morgan fingerprint density at radius 2 is 1.86 bits per heavy atom. The molecule has 2 aromatic carbocycles. The molecule has 29 heavy (non-hydrogen) atoms. The molecule has 0 radical (unpaired) electrons. The lowest BCUT2D eigenvalue weighted by molar-refractivity contribution is -0.217. The van der Waals surface area contributed by atoms with Crippen molar-refractivity contribution < 1.29 is 36.2 Å². The van der Waals surface area contributed by atoms with Crippen LogP contribution in [0.5, 0.6) is 5.75 Å². The molecule has 2 atom stereocenters. The number of benzene rings is 2. The highest BCUT2D eigenvalue weighted by Gasteiger charge is 2.52. The Morgan fingerprint density at radius 3 is 2.48 bits per heavy atom. The van der Waals surface area contributed by atoms with Crippen molar-refractivity contribution in [2.75, 3.05) is 6.54 Å². The van der Waals surface area contributed by atoms with E-state index in [9.17, 15) is 26.4 Å². The van der Waals surface area contributed by atoms with Gasteiger partial charge in [0.05, 0.1) is 4.90 Å². The van der Waals surface area contributed by atoms with Crippen LogP contribution in [-0.4, -0.2) is 38.3 Å². The third kappa shape index (κ3) is 4.88. The van der Waals surface area contributed by atoms with E-state index in [1.165, 1.54) is 0 Å². The Kier molecular flexibility index (Phi) is 5.85. The summed E-state index contributed by atoms with van der Waals surface area (Å²) in [5.41, 5.74) is 1.04. The molecule has 0 aliphatic carbocycles. The molecule has 0 fully saturated rings. The number of nitrogens with one attached hydrogen (secondary N) is 1. The molecule has 0 saturated heterocycles. The molecular weight excluding hydrogens is 411 g/mol. The van der Waals surface area contributed by atoms with Crippen LogP contribution in [0.1, 0.15) is 11.1 Å². The van der Waals surface area contributed by atoms with Gasteiger partial charge in [0, 0.05) is 6.54 Å². The third-order valence-corrected chi connectivity index (χ3v) is 6.05. The minimum Gasteiger partial charge on any atom is -0.481 e. The van der Waals surface area contributed by atoms with E-state index >= 15 is 0 Å². The molecule has 6 nitrogen and oxygen atoms in total. The zero-order valence-corrected chi connectivity index (χ0v) is 15.8. The second-order valence-corrected chi connectivity index (χ2v) is 8.40. The van der Waals surface area contributed by atoms with Crippen LogP contribution in [0.4, 0.5) is 13.2 Å². The van der Waals surface area contributed by atoms with Crippen LogP contribution < -0.4 is 9.46 Å². The average Bonchev–Trinajstić information content (AvgIpc) is 2.66. The number of ether oxygens (including phenoxy) is 1. The number of alkyl halides is 3. The van der Waals surface area contributed by atoms with E-state index in [1.54, 1.807) is 0 Å². The number of carboxylic acid groups (broad SMARTS) is 1. The van der Waals surface area contributed by atoms with Gasteiger partial charge in [-0.15, -0.1) is 0 Å². The highest BCUT2D eigenvalue weighted by atomic mass is 32.2. The van der Waals surface area contributed by atoms with E-state index in [4.69, 9.17) is 9.84 Å². The Morgan fingerprint density at radius 1 is 1.17 bits per heavy atom. The summed E-state index contributed by atoms with van der Waals surface area (Å²) in [5, 5.41) is 9.14. The van der Waals surface area contributed by atoms with Crippen molar-refractivity contribution in [2.45, 2.75) is 30.0 Å². The average molecular weight is 429 g/mol. The third-order valence-electron chi connectivity index (χ3n) is 4.59. The van der Waals surface area contributed by atoms with Crippen LogP contribution in [0.3, 0.4) is 0 Å². The molecule has 0 bridgehead atoms. The smallest absolute Gasteiger partial charge is 0.426 e. The van der Waals surface area contributed by atoms with E-state index in [2.05, 4.69) is 4.72 Å². The molecule has 156 valence electrons. The summed E-state index contributed by atoms with van der Waals surface area (Å²) in [6.07, 6.45) is -7.37. The van der Waals surface area contributed by atoms with E-state index in [-0.39, 0.29) is 22.8 Å². The Balaban J connectivity index is 1.77. The van der Waals surface area contributed by atoms with Gasteiger partial charge in [0.25, 0.3) is 0 Å². The van der Waals surface area contributed by atoms with Gasteiger partial charge in [-0.2, -0.15) is 13.2 Å². The number of halogens is 3. The summed E-state index contributed by atoms with van der Waals surface area (Å²) in [7, 11) is -3.92. The van der Waals surface area contributed by atoms with Crippen LogP contribution >= 0.6 is 0 Å². The molecule has 3 rings (SSSR count). The lowest BCUT2D eigenvalue weighted by atomic mass is 9.90. The fraction of sp³-hybridized carbons (Fsp3) is 0.316. The minimum atomic E-state index is -4.86. The van der Waals surface area contributed by atoms with Gasteiger partial charge in [0.2, 0.25) is 16.1 Å². The van der Waals surface area contributed by atoms with Gasteiger partial charge >= 0.3 is 12.1 Å². The zero-order valence-electron chi connectivity index (χ0n) is 15.0. The van der Waals surface area contributed by atoms with E-state index < -0.39 is 40.6 Å². The molecule has 0 aromatic heterocycles. The molecule has 2 N–H and O–H groups in total. The van der Waals surface area contributed by atoms with Crippen molar-refractivity contribution in [2.24, 2.45) is 5.92 Å². The highest BCUT2D eigenvalue weighted by Crippen LogP contribution is 2.39. The molecule has 1 heterocycles. The number of aliphatic carboxylic acids is 1. The number of hydrogen-bond acceptors (Lipinski definition) is 4. The minimum absolute atomic E-state index is 0.101. The topological polar surface area (TPSA) is 92.7 Å². The summed E-state index contributed by atoms with van der Waals surface area (Å²) in [6.45, 7) is 0.133. The first-order valence-corrected chi connectivity index (χ1v) is 10.2. The maximum Gasteiger partial charge on any atom is 0.426 e. The number of sulfonamides is 1. The normalized spacial score (nSPS) is 19.3. The Hall–Kier alpha value is -2.59. The largest absolute Gasteiger partial charge is 0.481 e. The van der Waals surface area contributed by atoms with Crippen LogP contribution in [0.15, 0.2) is 53.4 Å². The van der Waals surface area contributed by atoms with Crippen LogP contribution in [0, 0.1) is 5.92 Å². The number of hydrogen-bond donors (Lipinski definition) is 2. The molecule has 1 aliphatic rings. The number of rotatable bonds is 6. The molecule has 1 aliphatic heterocycles. The number of carboxylic acids is 1. The zero-order chi connectivity index (χ0) is 21.2. The molecule has 0 unspecified atom stereocenters. The second kappa shape index (κ2) is 8.03. The van der Waals surface area contributed by atoms with Gasteiger partial charge in [-0.25, -0.2) is 13.1 Å². The molecule has 2 aromatic rings. The predicted octanol–water partition coefficient (Wildman–Crippen LogP) is 2.77. The molecular formula is C19H18F3NO5S. The van der Waals surface area contributed by atoms with Crippen molar-refractivity contribution in [1.82, 2.24) is 4.72 Å². The lowest BCUT2D eigenvalue weighted by Crippen LogP contribution is -2.47. The maximum atomic E-state index is 13.1. The number of carbonyl (C=O) groups is 1. The molecule has 10 heteroatoms. The first-order valence-electron chi connectivity index (χ1n) is 8.70. The van der Waals surface area contributed by atoms with Gasteiger partial charge < -0.3 is 9.84 Å². The fourth-order valence-electron chi connectivity index (χ4n) is 3.13. The SMILES string of the molecule is O=C(O)[C@@H]1Cc2cc(S(=O)(=O)NCCc3ccccc3)ccc2O[C@@H]1C(F)(F)F. The number of fused-ring (bicyclic) bond motifs is 1. The van der Waals surface area contributed by atoms with Crippen molar-refractivity contribution in [3.63, 3.8) is 0 Å². The van der Waals surface area contributed by atoms with Crippen LogP contribution in [0.25, 0.3) is 0 Å². The van der Waals surface area contributed by atoms with Crippen molar-refractivity contribution in [1.29, 1.82) is 0 Å². The van der Waals surface area contributed by atoms with Gasteiger partial charge in [-0.3, -0.25) is 4.79 Å². The van der Waals surface area contributed by atoms with Crippen LogP contribution in [0.2, 0.25) is 0 Å². The monoisotopic (exact) mass is 429 g/mol. The van der Waals surface area contributed by atoms with E-state index in [0.29, 0.717) is 6.42 Å².